The Kier molecular flexibility index (Phi) is 6.24. The third-order valence-electron chi connectivity index (χ3n) is 2.79. The predicted molar refractivity (Wildman–Crippen MR) is 76.3 cm³/mol. The third-order valence-corrected chi connectivity index (χ3v) is 2.79. The Morgan fingerprint density at radius 1 is 1.37 bits per heavy atom. The number of oxime groups is 1. The first-order valence-electron chi connectivity index (χ1n) is 6.29. The summed E-state index contributed by atoms with van der Waals surface area (Å²) in [6.07, 6.45) is 2.80. The number of rotatable bonds is 7. The lowest BCUT2D eigenvalue weighted by Crippen LogP contribution is -2.23. The zero-order valence-electron chi connectivity index (χ0n) is 11.9. The standard InChI is InChI=1S/C13H23N5O/c1-17(2)7-4-8-18(3)10-11-5-6-15-12(9-11)13(14)16-19/h5-6,9,19H,4,7-8,10H2,1-3H3,(H2,14,16). The zero-order valence-corrected chi connectivity index (χ0v) is 11.9. The fourth-order valence-electron chi connectivity index (χ4n) is 1.81. The van der Waals surface area contributed by atoms with Crippen molar-refractivity contribution in [2.45, 2.75) is 13.0 Å². The summed E-state index contributed by atoms with van der Waals surface area (Å²) >= 11 is 0. The summed E-state index contributed by atoms with van der Waals surface area (Å²) in [6, 6.07) is 3.79. The Labute approximate surface area is 114 Å². The van der Waals surface area contributed by atoms with Gasteiger partial charge in [0.1, 0.15) is 5.69 Å². The molecule has 0 unspecified atom stereocenters. The molecule has 6 nitrogen and oxygen atoms in total. The van der Waals surface area contributed by atoms with Crippen LogP contribution in [-0.2, 0) is 6.54 Å². The first-order valence-corrected chi connectivity index (χ1v) is 6.29. The van der Waals surface area contributed by atoms with Crippen molar-refractivity contribution in [3.05, 3.63) is 29.6 Å². The van der Waals surface area contributed by atoms with E-state index in [0.29, 0.717) is 5.69 Å². The van der Waals surface area contributed by atoms with E-state index in [2.05, 4.69) is 41.1 Å². The van der Waals surface area contributed by atoms with Crippen LogP contribution in [0.1, 0.15) is 17.7 Å². The molecule has 0 bridgehead atoms. The highest BCUT2D eigenvalue weighted by Gasteiger charge is 2.05. The SMILES string of the molecule is CN(C)CCCN(C)Cc1ccnc(C(N)=NO)c1. The van der Waals surface area contributed by atoms with Crippen molar-refractivity contribution in [2.75, 3.05) is 34.2 Å². The van der Waals surface area contributed by atoms with Crippen molar-refractivity contribution in [3.63, 3.8) is 0 Å². The molecule has 1 heterocycles. The smallest absolute Gasteiger partial charge is 0.188 e. The van der Waals surface area contributed by atoms with E-state index >= 15 is 0 Å². The third kappa shape index (κ3) is 5.67. The fraction of sp³-hybridized carbons (Fsp3) is 0.538. The molecule has 19 heavy (non-hydrogen) atoms. The molecule has 0 aliphatic carbocycles. The van der Waals surface area contributed by atoms with Gasteiger partial charge in [-0.1, -0.05) is 5.16 Å². The molecule has 0 aliphatic heterocycles. The van der Waals surface area contributed by atoms with Gasteiger partial charge < -0.3 is 20.7 Å². The van der Waals surface area contributed by atoms with E-state index in [9.17, 15) is 0 Å². The molecule has 0 saturated carbocycles. The van der Waals surface area contributed by atoms with Gasteiger partial charge in [0, 0.05) is 12.7 Å². The number of aromatic nitrogens is 1. The number of nitrogens with zero attached hydrogens (tertiary/aromatic N) is 4. The van der Waals surface area contributed by atoms with Crippen molar-refractivity contribution in [3.8, 4) is 0 Å². The Balaban J connectivity index is 2.52. The lowest BCUT2D eigenvalue weighted by atomic mass is 10.2. The minimum atomic E-state index is 0.0390. The molecular weight excluding hydrogens is 242 g/mol. The molecule has 0 aliphatic rings. The Morgan fingerprint density at radius 2 is 2.11 bits per heavy atom. The van der Waals surface area contributed by atoms with Crippen molar-refractivity contribution in [1.29, 1.82) is 0 Å². The van der Waals surface area contributed by atoms with Crippen LogP contribution in [0.25, 0.3) is 0 Å². The summed E-state index contributed by atoms with van der Waals surface area (Å²) in [5.74, 6) is 0.0390. The fourth-order valence-corrected chi connectivity index (χ4v) is 1.81. The van der Waals surface area contributed by atoms with E-state index in [-0.39, 0.29) is 5.84 Å². The van der Waals surface area contributed by atoms with Gasteiger partial charge >= 0.3 is 0 Å². The topological polar surface area (TPSA) is 78.0 Å². The molecule has 0 atom stereocenters. The number of hydrogen-bond donors (Lipinski definition) is 2. The van der Waals surface area contributed by atoms with Crippen LogP contribution >= 0.6 is 0 Å². The van der Waals surface area contributed by atoms with Crippen LogP contribution in [0.4, 0.5) is 0 Å². The maximum absolute atomic E-state index is 8.64. The quantitative estimate of drug-likeness (QED) is 0.326. The van der Waals surface area contributed by atoms with Crippen LogP contribution < -0.4 is 5.73 Å². The van der Waals surface area contributed by atoms with Gasteiger partial charge in [0.05, 0.1) is 0 Å². The van der Waals surface area contributed by atoms with Gasteiger partial charge in [0.25, 0.3) is 0 Å². The number of amidine groups is 1. The first kappa shape index (κ1) is 15.4. The highest BCUT2D eigenvalue weighted by atomic mass is 16.4. The highest BCUT2D eigenvalue weighted by Crippen LogP contribution is 2.05. The summed E-state index contributed by atoms with van der Waals surface area (Å²) in [5.41, 5.74) is 7.13. The van der Waals surface area contributed by atoms with Crippen LogP contribution in [0.5, 0.6) is 0 Å². The van der Waals surface area contributed by atoms with Gasteiger partial charge in [-0.2, -0.15) is 0 Å². The number of pyridine rings is 1. The second kappa shape index (κ2) is 7.70. The molecule has 0 fully saturated rings. The summed E-state index contributed by atoms with van der Waals surface area (Å²) < 4.78 is 0. The van der Waals surface area contributed by atoms with Crippen LogP contribution in [0.2, 0.25) is 0 Å². The van der Waals surface area contributed by atoms with Gasteiger partial charge in [-0.3, -0.25) is 4.98 Å². The maximum Gasteiger partial charge on any atom is 0.188 e. The molecule has 1 aromatic rings. The average molecular weight is 265 g/mol. The largest absolute Gasteiger partial charge is 0.409 e. The maximum atomic E-state index is 8.64. The van der Waals surface area contributed by atoms with Gasteiger partial charge in [-0.25, -0.2) is 0 Å². The van der Waals surface area contributed by atoms with E-state index < -0.39 is 0 Å². The predicted octanol–water partition coefficient (Wildman–Crippen LogP) is 0.560. The van der Waals surface area contributed by atoms with Crippen LogP contribution in [0.15, 0.2) is 23.5 Å². The molecular formula is C13H23N5O. The van der Waals surface area contributed by atoms with E-state index in [1.54, 1.807) is 6.20 Å². The van der Waals surface area contributed by atoms with Crippen LogP contribution in [0, 0.1) is 0 Å². The van der Waals surface area contributed by atoms with Crippen molar-refractivity contribution < 1.29 is 5.21 Å². The highest BCUT2D eigenvalue weighted by molar-refractivity contribution is 5.95. The minimum Gasteiger partial charge on any atom is -0.409 e. The van der Waals surface area contributed by atoms with E-state index in [1.807, 2.05) is 12.1 Å². The summed E-state index contributed by atoms with van der Waals surface area (Å²) in [7, 11) is 6.23. The molecule has 3 N–H and O–H groups in total. The van der Waals surface area contributed by atoms with Crippen molar-refractivity contribution >= 4 is 5.84 Å². The molecule has 0 saturated heterocycles. The van der Waals surface area contributed by atoms with Crippen molar-refractivity contribution in [1.82, 2.24) is 14.8 Å². The second-order valence-corrected chi connectivity index (χ2v) is 4.93. The number of nitrogens with two attached hydrogens (primary N) is 1. The van der Waals surface area contributed by atoms with Gasteiger partial charge in [0.15, 0.2) is 5.84 Å². The van der Waals surface area contributed by atoms with Crippen LogP contribution in [-0.4, -0.2) is 60.1 Å². The molecule has 1 aromatic heterocycles. The molecule has 0 radical (unpaired) electrons. The summed E-state index contributed by atoms with van der Waals surface area (Å²) in [6.45, 7) is 2.93. The van der Waals surface area contributed by atoms with Gasteiger partial charge in [-0.05, 0) is 58.3 Å². The van der Waals surface area contributed by atoms with E-state index in [0.717, 1.165) is 31.6 Å². The van der Waals surface area contributed by atoms with Gasteiger partial charge in [-0.15, -0.1) is 0 Å². The average Bonchev–Trinajstić information content (AvgIpc) is 2.37. The van der Waals surface area contributed by atoms with E-state index in [4.69, 9.17) is 10.9 Å². The monoisotopic (exact) mass is 265 g/mol. The number of hydrogen-bond acceptors (Lipinski definition) is 5. The molecule has 106 valence electrons. The first-order chi connectivity index (χ1) is 9.02. The lowest BCUT2D eigenvalue weighted by Gasteiger charge is -2.18. The summed E-state index contributed by atoms with van der Waals surface area (Å²) in [4.78, 5) is 8.48. The molecule has 0 spiro atoms. The Hall–Kier alpha value is -1.66. The van der Waals surface area contributed by atoms with Gasteiger partial charge in [0.2, 0.25) is 0 Å². The van der Waals surface area contributed by atoms with Crippen LogP contribution in [0.3, 0.4) is 0 Å². The molecule has 0 aromatic carbocycles. The Morgan fingerprint density at radius 3 is 2.74 bits per heavy atom. The zero-order chi connectivity index (χ0) is 14.3. The van der Waals surface area contributed by atoms with E-state index in [1.165, 1.54) is 0 Å². The normalized spacial score (nSPS) is 12.4. The molecule has 0 amide bonds. The summed E-state index contributed by atoms with van der Waals surface area (Å²) in [5, 5.41) is 11.6. The Bertz CT molecular complexity index is 419. The van der Waals surface area contributed by atoms with Crippen molar-refractivity contribution in [2.24, 2.45) is 10.9 Å². The minimum absolute atomic E-state index is 0.0390. The molecule has 1 rings (SSSR count). The second-order valence-electron chi connectivity index (χ2n) is 4.93. The molecule has 6 heteroatoms. The lowest BCUT2D eigenvalue weighted by molar-refractivity contribution is 0.294.